The Bertz CT molecular complexity index is 567. The van der Waals surface area contributed by atoms with Crippen molar-refractivity contribution >= 4 is 23.8 Å². The third-order valence-corrected chi connectivity index (χ3v) is 6.00. The number of nitrogens with one attached hydrogen (secondary N) is 2. The Morgan fingerprint density at radius 3 is 1.44 bits per heavy atom. The van der Waals surface area contributed by atoms with Crippen molar-refractivity contribution in [1.29, 1.82) is 0 Å². The molecule has 0 saturated heterocycles. The Hall–Kier alpha value is -2.12. The zero-order valence-corrected chi connectivity index (χ0v) is 21.2. The number of unbranched alkanes of at least 4 members (excludes halogenated alkanes) is 11. The predicted molar refractivity (Wildman–Crippen MR) is 134 cm³/mol. The van der Waals surface area contributed by atoms with Gasteiger partial charge in [0.15, 0.2) is 0 Å². The lowest BCUT2D eigenvalue weighted by molar-refractivity contribution is -0.141. The Morgan fingerprint density at radius 2 is 0.971 bits per heavy atom. The molecule has 0 aromatic rings. The highest BCUT2D eigenvalue weighted by Crippen LogP contribution is 2.12. The summed E-state index contributed by atoms with van der Waals surface area (Å²) in [6.07, 6.45) is 16.1. The van der Waals surface area contributed by atoms with Crippen molar-refractivity contribution in [2.75, 3.05) is 13.1 Å². The van der Waals surface area contributed by atoms with Crippen LogP contribution in [0.4, 0.5) is 0 Å². The van der Waals surface area contributed by atoms with E-state index in [2.05, 4.69) is 10.6 Å². The molecule has 0 aliphatic carbocycles. The van der Waals surface area contributed by atoms with Crippen molar-refractivity contribution < 1.29 is 29.4 Å². The van der Waals surface area contributed by atoms with Gasteiger partial charge in [0.05, 0.1) is 5.92 Å². The first-order valence-corrected chi connectivity index (χ1v) is 13.3. The van der Waals surface area contributed by atoms with Crippen LogP contribution in [0.3, 0.4) is 0 Å². The second kappa shape index (κ2) is 22.7. The molecule has 0 fully saturated rings. The molecule has 0 bridgehead atoms. The van der Waals surface area contributed by atoms with Gasteiger partial charge in [0.25, 0.3) is 0 Å². The number of aliphatic carboxylic acids is 2. The standard InChI is InChI=1S/C26H48N2O6/c1-22(26(33)34)16-13-14-20-27-24(30)18-15-21-28-23(29)17-11-9-7-5-3-2-4-6-8-10-12-19-25(31)32/h22H,2-21H2,1H3,(H,27,30)(H,28,29)(H,31,32)(H,33,34)/t22-/m0/s1. The molecule has 0 saturated carbocycles. The number of rotatable bonds is 24. The summed E-state index contributed by atoms with van der Waals surface area (Å²) in [6, 6.07) is 0. The fourth-order valence-electron chi connectivity index (χ4n) is 3.73. The van der Waals surface area contributed by atoms with Crippen molar-refractivity contribution in [1.82, 2.24) is 10.6 Å². The Balaban J connectivity index is 3.35. The van der Waals surface area contributed by atoms with E-state index in [1.54, 1.807) is 6.92 Å². The molecule has 0 unspecified atom stereocenters. The van der Waals surface area contributed by atoms with E-state index in [4.69, 9.17) is 10.2 Å². The number of carbonyl (C=O) groups is 4. The smallest absolute Gasteiger partial charge is 0.306 e. The molecule has 0 rings (SSSR count). The van der Waals surface area contributed by atoms with Gasteiger partial charge in [0, 0.05) is 32.4 Å². The first-order chi connectivity index (χ1) is 16.3. The lowest BCUT2D eigenvalue weighted by atomic mass is 10.0. The summed E-state index contributed by atoms with van der Waals surface area (Å²) in [5, 5.41) is 23.1. The highest BCUT2D eigenvalue weighted by atomic mass is 16.4. The SMILES string of the molecule is C[C@@H](CCCCNC(=O)CCCNC(=O)CCCCCCCCCCCCCC(=O)O)C(=O)O. The zero-order valence-electron chi connectivity index (χ0n) is 21.2. The maximum absolute atomic E-state index is 11.9. The third-order valence-electron chi connectivity index (χ3n) is 6.00. The van der Waals surface area contributed by atoms with E-state index < -0.39 is 11.9 Å². The quantitative estimate of drug-likeness (QED) is 0.142. The van der Waals surface area contributed by atoms with Gasteiger partial charge in [-0.15, -0.1) is 0 Å². The summed E-state index contributed by atoms with van der Waals surface area (Å²) in [5.41, 5.74) is 0. The van der Waals surface area contributed by atoms with Gasteiger partial charge in [-0.2, -0.15) is 0 Å². The molecule has 0 heterocycles. The average Bonchev–Trinajstić information content (AvgIpc) is 2.79. The van der Waals surface area contributed by atoms with Gasteiger partial charge in [-0.1, -0.05) is 71.1 Å². The van der Waals surface area contributed by atoms with Gasteiger partial charge in [0.1, 0.15) is 0 Å². The Labute approximate surface area is 205 Å². The van der Waals surface area contributed by atoms with Crippen LogP contribution in [-0.4, -0.2) is 47.1 Å². The van der Waals surface area contributed by atoms with E-state index in [-0.39, 0.29) is 24.2 Å². The molecule has 8 nitrogen and oxygen atoms in total. The minimum atomic E-state index is -0.780. The molecule has 0 aromatic heterocycles. The first kappa shape index (κ1) is 31.9. The van der Waals surface area contributed by atoms with E-state index in [0.717, 1.165) is 51.4 Å². The molecule has 34 heavy (non-hydrogen) atoms. The van der Waals surface area contributed by atoms with Crippen LogP contribution in [0.25, 0.3) is 0 Å². The fourth-order valence-corrected chi connectivity index (χ4v) is 3.73. The highest BCUT2D eigenvalue weighted by Gasteiger charge is 2.09. The summed E-state index contributed by atoms with van der Waals surface area (Å²) >= 11 is 0. The highest BCUT2D eigenvalue weighted by molar-refractivity contribution is 5.77. The van der Waals surface area contributed by atoms with Crippen molar-refractivity contribution in [3.8, 4) is 0 Å². The molecule has 0 aromatic carbocycles. The second-order valence-electron chi connectivity index (χ2n) is 9.32. The number of carboxylic acids is 2. The van der Waals surface area contributed by atoms with E-state index in [1.165, 1.54) is 32.1 Å². The fraction of sp³-hybridized carbons (Fsp3) is 0.846. The van der Waals surface area contributed by atoms with Gasteiger partial charge in [-0.3, -0.25) is 19.2 Å². The number of amides is 2. The number of hydrogen-bond acceptors (Lipinski definition) is 4. The molecule has 2 amide bonds. The van der Waals surface area contributed by atoms with Crippen LogP contribution in [0.5, 0.6) is 0 Å². The molecular weight excluding hydrogens is 436 g/mol. The lowest BCUT2D eigenvalue weighted by Gasteiger charge is -2.08. The molecule has 0 spiro atoms. The Morgan fingerprint density at radius 1 is 0.559 bits per heavy atom. The topological polar surface area (TPSA) is 133 Å². The normalized spacial score (nSPS) is 11.7. The monoisotopic (exact) mass is 484 g/mol. The minimum Gasteiger partial charge on any atom is -0.481 e. The van der Waals surface area contributed by atoms with Crippen LogP contribution >= 0.6 is 0 Å². The zero-order chi connectivity index (χ0) is 25.4. The lowest BCUT2D eigenvalue weighted by Crippen LogP contribution is -2.27. The van der Waals surface area contributed by atoms with Crippen LogP contribution in [0.15, 0.2) is 0 Å². The van der Waals surface area contributed by atoms with Crippen molar-refractivity contribution in [2.24, 2.45) is 5.92 Å². The second-order valence-corrected chi connectivity index (χ2v) is 9.32. The average molecular weight is 485 g/mol. The van der Waals surface area contributed by atoms with Crippen LogP contribution in [0.2, 0.25) is 0 Å². The number of carbonyl (C=O) groups excluding carboxylic acids is 2. The first-order valence-electron chi connectivity index (χ1n) is 13.3. The summed E-state index contributed by atoms with van der Waals surface area (Å²) in [7, 11) is 0. The van der Waals surface area contributed by atoms with E-state index in [1.807, 2.05) is 0 Å². The summed E-state index contributed by atoms with van der Waals surface area (Å²) in [4.78, 5) is 44.8. The van der Waals surface area contributed by atoms with Gasteiger partial charge in [-0.05, 0) is 32.1 Å². The maximum atomic E-state index is 11.9. The van der Waals surface area contributed by atoms with Gasteiger partial charge < -0.3 is 20.8 Å². The molecule has 1 atom stereocenters. The maximum Gasteiger partial charge on any atom is 0.306 e. The van der Waals surface area contributed by atoms with E-state index in [9.17, 15) is 19.2 Å². The largest absolute Gasteiger partial charge is 0.481 e. The van der Waals surface area contributed by atoms with E-state index >= 15 is 0 Å². The van der Waals surface area contributed by atoms with Gasteiger partial charge in [-0.25, -0.2) is 0 Å². The molecular formula is C26H48N2O6. The van der Waals surface area contributed by atoms with Crippen molar-refractivity contribution in [2.45, 2.75) is 122 Å². The molecule has 4 N–H and O–H groups in total. The van der Waals surface area contributed by atoms with Gasteiger partial charge >= 0.3 is 11.9 Å². The summed E-state index contributed by atoms with van der Waals surface area (Å²) in [6.45, 7) is 2.76. The molecule has 0 aliphatic heterocycles. The summed E-state index contributed by atoms with van der Waals surface area (Å²) in [5.74, 6) is -1.80. The van der Waals surface area contributed by atoms with E-state index in [0.29, 0.717) is 38.8 Å². The van der Waals surface area contributed by atoms with Crippen LogP contribution in [0, 0.1) is 5.92 Å². The van der Waals surface area contributed by atoms with Crippen molar-refractivity contribution in [3.05, 3.63) is 0 Å². The van der Waals surface area contributed by atoms with Crippen LogP contribution in [-0.2, 0) is 19.2 Å². The van der Waals surface area contributed by atoms with Crippen molar-refractivity contribution in [3.63, 3.8) is 0 Å². The van der Waals surface area contributed by atoms with Crippen LogP contribution < -0.4 is 10.6 Å². The minimum absolute atomic E-state index is 0.0290. The van der Waals surface area contributed by atoms with Crippen LogP contribution in [0.1, 0.15) is 122 Å². The molecule has 0 aliphatic rings. The predicted octanol–water partition coefficient (Wildman–Crippen LogP) is 5.05. The molecule has 8 heteroatoms. The third kappa shape index (κ3) is 23.1. The Kier molecular flexibility index (Phi) is 21.2. The number of carboxylic acid groups (broad SMARTS) is 2. The summed E-state index contributed by atoms with van der Waals surface area (Å²) < 4.78 is 0. The van der Waals surface area contributed by atoms with Gasteiger partial charge in [0.2, 0.25) is 11.8 Å². The number of hydrogen-bond donors (Lipinski definition) is 4. The molecule has 198 valence electrons. The molecule has 0 radical (unpaired) electrons.